The molecule has 1 heterocycles. The van der Waals surface area contributed by atoms with E-state index in [0.29, 0.717) is 24.2 Å². The van der Waals surface area contributed by atoms with Crippen molar-refractivity contribution in [2.45, 2.75) is 37.0 Å². The van der Waals surface area contributed by atoms with Gasteiger partial charge in [-0.3, -0.25) is 9.59 Å². The summed E-state index contributed by atoms with van der Waals surface area (Å²) in [6.07, 6.45) is 2.99. The first-order valence-electron chi connectivity index (χ1n) is 10.7. The van der Waals surface area contributed by atoms with Crippen LogP contribution in [-0.4, -0.2) is 50.7 Å². The molecule has 1 aliphatic rings. The molecular weight excluding hydrogens is 433 g/mol. The van der Waals surface area contributed by atoms with Crippen LogP contribution in [0.1, 0.15) is 30.4 Å². The third-order valence-corrected chi connectivity index (χ3v) is 7.18. The average Bonchev–Trinajstić information content (AvgIpc) is 2.78. The number of piperidine rings is 1. The van der Waals surface area contributed by atoms with Gasteiger partial charge >= 0.3 is 0 Å². The van der Waals surface area contributed by atoms with Crippen LogP contribution in [0.4, 0.5) is 4.39 Å². The first-order chi connectivity index (χ1) is 15.3. The van der Waals surface area contributed by atoms with E-state index in [1.54, 1.807) is 36.4 Å². The van der Waals surface area contributed by atoms with E-state index in [-0.39, 0.29) is 48.5 Å². The Bertz CT molecular complexity index is 1040. The number of rotatable bonds is 9. The fourth-order valence-electron chi connectivity index (χ4n) is 3.58. The number of carbonyl (C=O) groups is 2. The van der Waals surface area contributed by atoms with Crippen LogP contribution in [0, 0.1) is 5.82 Å². The zero-order valence-electron chi connectivity index (χ0n) is 17.8. The molecule has 172 valence electrons. The van der Waals surface area contributed by atoms with Crippen molar-refractivity contribution in [3.8, 4) is 0 Å². The summed E-state index contributed by atoms with van der Waals surface area (Å²) < 4.78 is 40.0. The van der Waals surface area contributed by atoms with E-state index in [4.69, 9.17) is 0 Å². The van der Waals surface area contributed by atoms with Crippen molar-refractivity contribution in [3.63, 3.8) is 0 Å². The fraction of sp³-hybridized carbons (Fsp3) is 0.391. The number of nitrogens with one attached hydrogen (secondary N) is 2. The zero-order chi connectivity index (χ0) is 23.0. The number of benzene rings is 2. The molecule has 0 spiro atoms. The van der Waals surface area contributed by atoms with Crippen molar-refractivity contribution in [3.05, 3.63) is 65.5 Å². The summed E-state index contributed by atoms with van der Waals surface area (Å²) in [5, 5.41) is 5.39. The van der Waals surface area contributed by atoms with E-state index in [0.717, 1.165) is 19.3 Å². The maximum atomic E-state index is 13.1. The van der Waals surface area contributed by atoms with Crippen LogP contribution in [0.25, 0.3) is 0 Å². The molecule has 0 aliphatic carbocycles. The van der Waals surface area contributed by atoms with Gasteiger partial charge in [0.25, 0.3) is 0 Å². The molecule has 2 amide bonds. The topological polar surface area (TPSA) is 95.6 Å². The molecule has 1 fully saturated rings. The molecule has 1 aliphatic heterocycles. The van der Waals surface area contributed by atoms with E-state index in [2.05, 4.69) is 10.6 Å². The third-order valence-electron chi connectivity index (χ3n) is 5.26. The highest BCUT2D eigenvalue weighted by atomic mass is 32.2. The summed E-state index contributed by atoms with van der Waals surface area (Å²) >= 11 is 0. The smallest absolute Gasteiger partial charge is 0.243 e. The molecule has 2 aromatic rings. The Labute approximate surface area is 188 Å². The van der Waals surface area contributed by atoms with Gasteiger partial charge in [-0.2, -0.15) is 4.31 Å². The number of carbonyl (C=O) groups excluding carboxylic acids is 2. The highest BCUT2D eigenvalue weighted by molar-refractivity contribution is 7.89. The summed E-state index contributed by atoms with van der Waals surface area (Å²) in [5.41, 5.74) is 1.28. The van der Waals surface area contributed by atoms with E-state index >= 15 is 0 Å². The number of hydrogen-bond acceptors (Lipinski definition) is 4. The predicted octanol–water partition coefficient (Wildman–Crippen LogP) is 2.02. The Morgan fingerprint density at radius 3 is 2.03 bits per heavy atom. The summed E-state index contributed by atoms with van der Waals surface area (Å²) in [6, 6.07) is 12.2. The predicted molar refractivity (Wildman–Crippen MR) is 119 cm³/mol. The highest BCUT2D eigenvalue weighted by Crippen LogP contribution is 2.21. The van der Waals surface area contributed by atoms with Gasteiger partial charge in [0.05, 0.1) is 17.7 Å². The average molecular weight is 462 g/mol. The van der Waals surface area contributed by atoms with Crippen molar-refractivity contribution in [2.75, 3.05) is 26.2 Å². The molecule has 0 atom stereocenters. The standard InChI is InChI=1S/C23H28FN3O4S/c24-20-6-4-5-19(15-20)17-23(29)26-12-11-25-22(28)16-18-7-9-21(10-8-18)32(30,31)27-13-2-1-3-14-27/h4-10,15H,1-3,11-14,16-17H2,(H,25,28)(H,26,29). The fourth-order valence-corrected chi connectivity index (χ4v) is 5.10. The molecule has 0 aromatic heterocycles. The summed E-state index contributed by atoms with van der Waals surface area (Å²) in [4.78, 5) is 24.3. The van der Waals surface area contributed by atoms with Gasteiger partial charge < -0.3 is 10.6 Å². The maximum absolute atomic E-state index is 13.1. The van der Waals surface area contributed by atoms with E-state index in [1.807, 2.05) is 0 Å². The quantitative estimate of drug-likeness (QED) is 0.559. The first kappa shape index (κ1) is 23.9. The van der Waals surface area contributed by atoms with Gasteiger partial charge in [-0.05, 0) is 48.2 Å². The Morgan fingerprint density at radius 2 is 1.44 bits per heavy atom. The van der Waals surface area contributed by atoms with Crippen molar-refractivity contribution in [2.24, 2.45) is 0 Å². The number of amides is 2. The van der Waals surface area contributed by atoms with Gasteiger partial charge in [-0.15, -0.1) is 0 Å². The van der Waals surface area contributed by atoms with Gasteiger partial charge in [0.1, 0.15) is 5.82 Å². The number of sulfonamides is 1. The molecule has 0 radical (unpaired) electrons. The Balaban J connectivity index is 1.39. The van der Waals surface area contributed by atoms with Crippen molar-refractivity contribution in [1.29, 1.82) is 0 Å². The molecule has 2 aromatic carbocycles. The van der Waals surface area contributed by atoms with Gasteiger partial charge in [0.2, 0.25) is 21.8 Å². The Kier molecular flexibility index (Phi) is 8.35. The number of hydrogen-bond donors (Lipinski definition) is 2. The maximum Gasteiger partial charge on any atom is 0.243 e. The first-order valence-corrected chi connectivity index (χ1v) is 12.2. The van der Waals surface area contributed by atoms with Crippen LogP contribution in [0.5, 0.6) is 0 Å². The number of halogens is 1. The van der Waals surface area contributed by atoms with E-state index < -0.39 is 10.0 Å². The molecule has 0 bridgehead atoms. The van der Waals surface area contributed by atoms with Gasteiger partial charge in [0.15, 0.2) is 0 Å². The van der Waals surface area contributed by atoms with E-state index in [9.17, 15) is 22.4 Å². The van der Waals surface area contributed by atoms with Crippen LogP contribution in [-0.2, 0) is 32.5 Å². The SMILES string of the molecule is O=C(Cc1ccc(S(=O)(=O)N2CCCCC2)cc1)NCCNC(=O)Cc1cccc(F)c1. The Hall–Kier alpha value is -2.78. The highest BCUT2D eigenvalue weighted by Gasteiger charge is 2.25. The van der Waals surface area contributed by atoms with Crippen LogP contribution in [0.2, 0.25) is 0 Å². The molecular formula is C23H28FN3O4S. The van der Waals surface area contributed by atoms with E-state index in [1.165, 1.54) is 16.4 Å². The molecule has 0 saturated carbocycles. The second kappa shape index (κ2) is 11.2. The molecule has 7 nitrogen and oxygen atoms in total. The lowest BCUT2D eigenvalue weighted by molar-refractivity contribution is -0.122. The van der Waals surface area contributed by atoms with Crippen LogP contribution < -0.4 is 10.6 Å². The molecule has 3 rings (SSSR count). The lowest BCUT2D eigenvalue weighted by atomic mass is 10.1. The normalized spacial score (nSPS) is 14.7. The van der Waals surface area contributed by atoms with Crippen LogP contribution >= 0.6 is 0 Å². The molecule has 32 heavy (non-hydrogen) atoms. The summed E-state index contributed by atoms with van der Waals surface area (Å²) in [7, 11) is -3.49. The van der Waals surface area contributed by atoms with Crippen molar-refractivity contribution < 1.29 is 22.4 Å². The molecule has 2 N–H and O–H groups in total. The molecule has 1 saturated heterocycles. The van der Waals surface area contributed by atoms with Gasteiger partial charge in [-0.25, -0.2) is 12.8 Å². The number of nitrogens with zero attached hydrogens (tertiary/aromatic N) is 1. The monoisotopic (exact) mass is 461 g/mol. The minimum atomic E-state index is -3.49. The summed E-state index contributed by atoms with van der Waals surface area (Å²) in [6.45, 7) is 1.61. The lowest BCUT2D eigenvalue weighted by Crippen LogP contribution is -2.36. The van der Waals surface area contributed by atoms with Crippen molar-refractivity contribution in [1.82, 2.24) is 14.9 Å². The minimum Gasteiger partial charge on any atom is -0.354 e. The lowest BCUT2D eigenvalue weighted by Gasteiger charge is -2.25. The Morgan fingerprint density at radius 1 is 0.844 bits per heavy atom. The molecule has 9 heteroatoms. The molecule has 0 unspecified atom stereocenters. The summed E-state index contributed by atoms with van der Waals surface area (Å²) in [5.74, 6) is -0.869. The van der Waals surface area contributed by atoms with Crippen LogP contribution in [0.15, 0.2) is 53.4 Å². The largest absolute Gasteiger partial charge is 0.354 e. The van der Waals surface area contributed by atoms with Crippen molar-refractivity contribution >= 4 is 21.8 Å². The van der Waals surface area contributed by atoms with Crippen LogP contribution in [0.3, 0.4) is 0 Å². The second-order valence-corrected chi connectivity index (χ2v) is 9.73. The third kappa shape index (κ3) is 6.86. The van der Waals surface area contributed by atoms with Gasteiger partial charge in [0, 0.05) is 26.2 Å². The second-order valence-electron chi connectivity index (χ2n) is 7.79. The zero-order valence-corrected chi connectivity index (χ0v) is 18.7. The van der Waals surface area contributed by atoms with Gasteiger partial charge in [-0.1, -0.05) is 30.7 Å². The minimum absolute atomic E-state index is 0.0678.